The quantitative estimate of drug-likeness (QED) is 0.525. The number of hydrogen-bond acceptors (Lipinski definition) is 3. The summed E-state index contributed by atoms with van der Waals surface area (Å²) in [6, 6.07) is -0.453. The van der Waals surface area contributed by atoms with Crippen molar-refractivity contribution in [2.75, 3.05) is 19.6 Å². The van der Waals surface area contributed by atoms with Crippen molar-refractivity contribution >= 4 is 17.7 Å². The molecule has 1 heterocycles. The molecule has 0 aromatic heterocycles. The number of nitrogens with zero attached hydrogens (tertiary/aromatic N) is 2. The van der Waals surface area contributed by atoms with Crippen molar-refractivity contribution in [3.8, 4) is 0 Å². The molecule has 1 aliphatic heterocycles. The van der Waals surface area contributed by atoms with Gasteiger partial charge in [0, 0.05) is 38.0 Å². The topological polar surface area (TPSA) is 69.7 Å². The second-order valence-electron chi connectivity index (χ2n) is 9.74. The van der Waals surface area contributed by atoms with Crippen LogP contribution in [0.2, 0.25) is 0 Å². The molecule has 0 aromatic carbocycles. The van der Waals surface area contributed by atoms with Gasteiger partial charge in [-0.2, -0.15) is 0 Å². The molecule has 3 amide bonds. The molecule has 2 aliphatic rings. The Balaban J connectivity index is 1.92. The predicted molar refractivity (Wildman–Crippen MR) is 124 cm³/mol. The Morgan fingerprint density at radius 2 is 1.71 bits per heavy atom. The molecule has 6 nitrogen and oxygen atoms in total. The first-order valence-electron chi connectivity index (χ1n) is 12.8. The molecule has 1 aliphatic carbocycles. The molecule has 2 fully saturated rings. The van der Waals surface area contributed by atoms with Crippen LogP contribution in [0.15, 0.2) is 0 Å². The molecule has 2 rings (SSSR count). The number of carbonyl (C=O) groups is 3. The molecule has 178 valence electrons. The highest BCUT2D eigenvalue weighted by molar-refractivity contribution is 5.88. The zero-order chi connectivity index (χ0) is 22.8. The average Bonchev–Trinajstić information content (AvgIpc) is 2.79. The zero-order valence-electron chi connectivity index (χ0n) is 20.3. The summed E-state index contributed by atoms with van der Waals surface area (Å²) < 4.78 is 0. The number of rotatable bonds is 10. The summed E-state index contributed by atoms with van der Waals surface area (Å²) in [6.45, 7) is 10.00. The second-order valence-corrected chi connectivity index (χ2v) is 9.74. The highest BCUT2D eigenvalue weighted by atomic mass is 16.2. The van der Waals surface area contributed by atoms with E-state index < -0.39 is 6.04 Å². The summed E-state index contributed by atoms with van der Waals surface area (Å²) in [7, 11) is 0. The van der Waals surface area contributed by atoms with Gasteiger partial charge in [0.1, 0.15) is 6.04 Å². The predicted octanol–water partition coefficient (Wildman–Crippen LogP) is 4.13. The lowest BCUT2D eigenvalue weighted by molar-refractivity contribution is -0.148. The highest BCUT2D eigenvalue weighted by Gasteiger charge is 2.36. The normalized spacial score (nSPS) is 22.1. The largest absolute Gasteiger partial charge is 0.344 e. The molecule has 3 unspecified atom stereocenters. The SMILES string of the molecule is CCCCCCC(=O)NC(C(=O)N1CCN(C(=O)C2CCCCC2)C(C)C1)C(C)CC. The summed E-state index contributed by atoms with van der Waals surface area (Å²) in [6.07, 6.45) is 11.1. The first-order valence-corrected chi connectivity index (χ1v) is 12.8. The number of unbranched alkanes of at least 4 members (excludes halogenated alkanes) is 3. The van der Waals surface area contributed by atoms with E-state index in [2.05, 4.69) is 19.2 Å². The van der Waals surface area contributed by atoms with Crippen molar-refractivity contribution in [3.63, 3.8) is 0 Å². The fourth-order valence-corrected chi connectivity index (χ4v) is 4.91. The van der Waals surface area contributed by atoms with Crippen molar-refractivity contribution in [2.45, 2.75) is 110 Å². The molecule has 0 spiro atoms. The third-order valence-electron chi connectivity index (χ3n) is 7.23. The molecular weight excluding hydrogens is 390 g/mol. The summed E-state index contributed by atoms with van der Waals surface area (Å²) in [5.41, 5.74) is 0. The van der Waals surface area contributed by atoms with E-state index in [0.717, 1.165) is 57.8 Å². The van der Waals surface area contributed by atoms with Crippen LogP contribution in [0.4, 0.5) is 0 Å². The molecule has 0 aromatic rings. The first-order chi connectivity index (χ1) is 14.9. The van der Waals surface area contributed by atoms with Gasteiger partial charge in [0.2, 0.25) is 17.7 Å². The van der Waals surface area contributed by atoms with Gasteiger partial charge in [-0.3, -0.25) is 14.4 Å². The van der Waals surface area contributed by atoms with E-state index in [0.29, 0.717) is 26.1 Å². The van der Waals surface area contributed by atoms with E-state index in [1.807, 2.05) is 23.6 Å². The molecule has 1 saturated carbocycles. The lowest BCUT2D eigenvalue weighted by Gasteiger charge is -2.43. The van der Waals surface area contributed by atoms with E-state index in [9.17, 15) is 14.4 Å². The van der Waals surface area contributed by atoms with E-state index in [4.69, 9.17) is 0 Å². The Bertz CT molecular complexity index is 589. The maximum atomic E-state index is 13.3. The average molecular weight is 436 g/mol. The van der Waals surface area contributed by atoms with Gasteiger partial charge < -0.3 is 15.1 Å². The molecular formula is C25H45N3O3. The van der Waals surface area contributed by atoms with E-state index >= 15 is 0 Å². The highest BCUT2D eigenvalue weighted by Crippen LogP contribution is 2.27. The van der Waals surface area contributed by atoms with Crippen molar-refractivity contribution < 1.29 is 14.4 Å². The second kappa shape index (κ2) is 13.1. The molecule has 1 N–H and O–H groups in total. The Morgan fingerprint density at radius 1 is 1.00 bits per heavy atom. The van der Waals surface area contributed by atoms with Crippen LogP contribution in [0.1, 0.15) is 98.3 Å². The third-order valence-corrected chi connectivity index (χ3v) is 7.23. The van der Waals surface area contributed by atoms with Crippen LogP contribution in [0.5, 0.6) is 0 Å². The number of piperazine rings is 1. The smallest absolute Gasteiger partial charge is 0.245 e. The Hall–Kier alpha value is -1.59. The Kier molecular flexibility index (Phi) is 10.8. The Morgan fingerprint density at radius 3 is 2.32 bits per heavy atom. The molecule has 31 heavy (non-hydrogen) atoms. The van der Waals surface area contributed by atoms with Gasteiger partial charge in [0.25, 0.3) is 0 Å². The van der Waals surface area contributed by atoms with E-state index in [-0.39, 0.29) is 35.6 Å². The van der Waals surface area contributed by atoms with Gasteiger partial charge in [-0.1, -0.05) is 65.7 Å². The lowest BCUT2D eigenvalue weighted by atomic mass is 9.87. The lowest BCUT2D eigenvalue weighted by Crippen LogP contribution is -2.60. The van der Waals surface area contributed by atoms with Gasteiger partial charge in [-0.25, -0.2) is 0 Å². The van der Waals surface area contributed by atoms with E-state index in [1.165, 1.54) is 6.42 Å². The van der Waals surface area contributed by atoms with Crippen LogP contribution < -0.4 is 5.32 Å². The fourth-order valence-electron chi connectivity index (χ4n) is 4.91. The van der Waals surface area contributed by atoms with Gasteiger partial charge in [-0.15, -0.1) is 0 Å². The van der Waals surface area contributed by atoms with Crippen LogP contribution in [0, 0.1) is 11.8 Å². The summed E-state index contributed by atoms with van der Waals surface area (Å²) in [5.74, 6) is 0.516. The summed E-state index contributed by atoms with van der Waals surface area (Å²) >= 11 is 0. The fraction of sp³-hybridized carbons (Fsp3) is 0.880. The number of hydrogen-bond donors (Lipinski definition) is 1. The minimum Gasteiger partial charge on any atom is -0.344 e. The van der Waals surface area contributed by atoms with Crippen LogP contribution in [0.25, 0.3) is 0 Å². The molecule has 6 heteroatoms. The maximum absolute atomic E-state index is 13.3. The van der Waals surface area contributed by atoms with Crippen molar-refractivity contribution in [2.24, 2.45) is 11.8 Å². The van der Waals surface area contributed by atoms with Gasteiger partial charge in [0.15, 0.2) is 0 Å². The molecule has 1 saturated heterocycles. The zero-order valence-corrected chi connectivity index (χ0v) is 20.3. The van der Waals surface area contributed by atoms with E-state index in [1.54, 1.807) is 0 Å². The molecule has 3 atom stereocenters. The minimum atomic E-state index is -0.475. The molecule has 0 bridgehead atoms. The first kappa shape index (κ1) is 25.7. The maximum Gasteiger partial charge on any atom is 0.245 e. The van der Waals surface area contributed by atoms with Crippen LogP contribution in [-0.2, 0) is 14.4 Å². The van der Waals surface area contributed by atoms with Crippen LogP contribution in [-0.4, -0.2) is 59.2 Å². The summed E-state index contributed by atoms with van der Waals surface area (Å²) in [5, 5.41) is 3.03. The van der Waals surface area contributed by atoms with Crippen molar-refractivity contribution in [1.29, 1.82) is 0 Å². The van der Waals surface area contributed by atoms with Gasteiger partial charge in [0.05, 0.1) is 0 Å². The number of carbonyl (C=O) groups excluding carboxylic acids is 3. The Labute approximate surface area is 189 Å². The van der Waals surface area contributed by atoms with Gasteiger partial charge >= 0.3 is 0 Å². The third kappa shape index (κ3) is 7.50. The van der Waals surface area contributed by atoms with Crippen LogP contribution >= 0.6 is 0 Å². The van der Waals surface area contributed by atoms with Crippen molar-refractivity contribution in [3.05, 3.63) is 0 Å². The van der Waals surface area contributed by atoms with Gasteiger partial charge in [-0.05, 0) is 32.1 Å². The summed E-state index contributed by atoms with van der Waals surface area (Å²) in [4.78, 5) is 42.7. The minimum absolute atomic E-state index is 0.00729. The number of amides is 3. The standard InChI is InChI=1S/C25H45N3O3/c1-5-7-8-12-15-22(29)26-23(19(3)6-2)25(31)27-16-17-28(20(4)18-27)24(30)21-13-10-9-11-14-21/h19-21,23H,5-18H2,1-4H3,(H,26,29). The molecule has 0 radical (unpaired) electrons. The number of nitrogens with one attached hydrogen (secondary N) is 1. The van der Waals surface area contributed by atoms with Crippen molar-refractivity contribution in [1.82, 2.24) is 15.1 Å². The van der Waals surface area contributed by atoms with Crippen LogP contribution in [0.3, 0.4) is 0 Å². The monoisotopic (exact) mass is 435 g/mol.